The molecule has 0 saturated carbocycles. The Morgan fingerprint density at radius 2 is 1.83 bits per heavy atom. The van der Waals surface area contributed by atoms with Gasteiger partial charge in [0.25, 0.3) is 0 Å². The molecule has 0 bridgehead atoms. The van der Waals surface area contributed by atoms with Gasteiger partial charge in [0.15, 0.2) is 6.29 Å². The van der Waals surface area contributed by atoms with Crippen LogP contribution in [0.25, 0.3) is 0 Å². The summed E-state index contributed by atoms with van der Waals surface area (Å²) in [6, 6.07) is 10.5. The number of thioether (sulfide) groups is 1. The molecule has 0 N–H and O–H groups in total. The number of imidazole rings is 1. The molecular weight excluding hydrogens is 308 g/mol. The lowest BCUT2D eigenvalue weighted by Crippen LogP contribution is -2.20. The van der Waals surface area contributed by atoms with Crippen molar-refractivity contribution < 1.29 is 9.47 Å². The molecular formula is C18H26N2O2S. The maximum Gasteiger partial charge on any atom is 0.166 e. The van der Waals surface area contributed by atoms with Gasteiger partial charge < -0.3 is 14.0 Å². The minimum atomic E-state index is -0.124. The molecule has 23 heavy (non-hydrogen) atoms. The molecule has 0 unspecified atom stereocenters. The van der Waals surface area contributed by atoms with E-state index in [1.54, 1.807) is 0 Å². The number of rotatable bonds is 10. The van der Waals surface area contributed by atoms with Gasteiger partial charge in [0.1, 0.15) is 5.82 Å². The third-order valence-electron chi connectivity index (χ3n) is 3.53. The van der Waals surface area contributed by atoms with Crippen molar-refractivity contribution in [1.82, 2.24) is 9.55 Å². The highest BCUT2D eigenvalue weighted by Gasteiger charge is 2.11. The van der Waals surface area contributed by atoms with Gasteiger partial charge in [-0.15, -0.1) is 0 Å². The summed E-state index contributed by atoms with van der Waals surface area (Å²) < 4.78 is 13.4. The lowest BCUT2D eigenvalue weighted by molar-refractivity contribution is -0.120. The second-order valence-electron chi connectivity index (χ2n) is 5.22. The molecule has 4 nitrogen and oxygen atoms in total. The maximum atomic E-state index is 5.59. The van der Waals surface area contributed by atoms with Crippen LogP contribution in [0.2, 0.25) is 0 Å². The number of hydrogen-bond acceptors (Lipinski definition) is 4. The van der Waals surface area contributed by atoms with Gasteiger partial charge in [-0.2, -0.15) is 11.8 Å². The van der Waals surface area contributed by atoms with E-state index < -0.39 is 0 Å². The third kappa shape index (κ3) is 5.68. The molecule has 0 atom stereocenters. The van der Waals surface area contributed by atoms with Crippen LogP contribution in [0.15, 0.2) is 36.5 Å². The molecule has 0 fully saturated rings. The molecule has 126 valence electrons. The van der Waals surface area contributed by atoms with Gasteiger partial charge >= 0.3 is 0 Å². The second-order valence-corrected chi connectivity index (χ2v) is 6.25. The molecule has 0 radical (unpaired) electrons. The van der Waals surface area contributed by atoms with Crippen molar-refractivity contribution >= 4 is 11.8 Å². The lowest BCUT2D eigenvalue weighted by atomic mass is 10.2. The van der Waals surface area contributed by atoms with E-state index >= 15 is 0 Å². The highest BCUT2D eigenvalue weighted by atomic mass is 32.2. The first-order chi connectivity index (χ1) is 11.2. The second kappa shape index (κ2) is 9.75. The minimum Gasteiger partial charge on any atom is -0.352 e. The summed E-state index contributed by atoms with van der Waals surface area (Å²) >= 11 is 1.82. The Morgan fingerprint density at radius 3 is 2.48 bits per heavy atom. The van der Waals surface area contributed by atoms with Crippen LogP contribution >= 0.6 is 11.8 Å². The van der Waals surface area contributed by atoms with Crippen molar-refractivity contribution in [2.75, 3.05) is 19.0 Å². The topological polar surface area (TPSA) is 36.3 Å². The SMILES string of the molecule is CCOC(CSCc1cnc(C)n1Cc1ccccc1)OCC. The Hall–Kier alpha value is -1.30. The van der Waals surface area contributed by atoms with E-state index in [1.807, 2.05) is 37.9 Å². The van der Waals surface area contributed by atoms with Crippen LogP contribution < -0.4 is 0 Å². The summed E-state index contributed by atoms with van der Waals surface area (Å²) in [5, 5.41) is 0. The number of nitrogens with zero attached hydrogens (tertiary/aromatic N) is 2. The van der Waals surface area contributed by atoms with Crippen LogP contribution in [-0.4, -0.2) is 34.8 Å². The van der Waals surface area contributed by atoms with E-state index in [2.05, 4.69) is 40.7 Å². The lowest BCUT2D eigenvalue weighted by Gasteiger charge is -2.16. The van der Waals surface area contributed by atoms with Crippen molar-refractivity contribution in [2.24, 2.45) is 0 Å². The quantitative estimate of drug-likeness (QED) is 0.618. The summed E-state index contributed by atoms with van der Waals surface area (Å²) in [5.74, 6) is 2.79. The molecule has 5 heteroatoms. The van der Waals surface area contributed by atoms with Crippen LogP contribution in [-0.2, 0) is 21.8 Å². The first kappa shape index (κ1) is 18.0. The van der Waals surface area contributed by atoms with E-state index in [1.165, 1.54) is 11.3 Å². The van der Waals surface area contributed by atoms with Crippen molar-refractivity contribution in [3.05, 3.63) is 53.6 Å². The molecule has 2 aromatic rings. The Bertz CT molecular complexity index is 566. The van der Waals surface area contributed by atoms with Crippen molar-refractivity contribution in [3.8, 4) is 0 Å². The van der Waals surface area contributed by atoms with Gasteiger partial charge in [-0.1, -0.05) is 30.3 Å². The van der Waals surface area contributed by atoms with Crippen LogP contribution in [0.1, 0.15) is 30.9 Å². The predicted octanol–water partition coefficient (Wildman–Crippen LogP) is 3.87. The Kier molecular flexibility index (Phi) is 7.65. The van der Waals surface area contributed by atoms with E-state index in [-0.39, 0.29) is 6.29 Å². The number of benzene rings is 1. The number of aryl methyl sites for hydroxylation is 1. The number of aromatic nitrogens is 2. The van der Waals surface area contributed by atoms with Gasteiger partial charge in [-0.25, -0.2) is 4.98 Å². The molecule has 1 aromatic heterocycles. The fourth-order valence-electron chi connectivity index (χ4n) is 2.39. The van der Waals surface area contributed by atoms with Crippen molar-refractivity contribution in [3.63, 3.8) is 0 Å². The van der Waals surface area contributed by atoms with Crippen LogP contribution in [0.4, 0.5) is 0 Å². The molecule has 0 aliphatic heterocycles. The van der Waals surface area contributed by atoms with E-state index in [4.69, 9.17) is 9.47 Å². The molecule has 0 spiro atoms. The smallest absolute Gasteiger partial charge is 0.166 e. The highest BCUT2D eigenvalue weighted by molar-refractivity contribution is 7.98. The van der Waals surface area contributed by atoms with Gasteiger partial charge in [-0.3, -0.25) is 0 Å². The summed E-state index contributed by atoms with van der Waals surface area (Å²) in [5.41, 5.74) is 2.53. The normalized spacial score (nSPS) is 11.3. The van der Waals surface area contributed by atoms with Crippen molar-refractivity contribution in [1.29, 1.82) is 0 Å². The van der Waals surface area contributed by atoms with E-state index in [0.717, 1.165) is 23.9 Å². The standard InChI is InChI=1S/C18H26N2O2S/c1-4-21-18(22-5-2)14-23-13-17-11-19-15(3)20(17)12-16-9-7-6-8-10-16/h6-11,18H,4-5,12-14H2,1-3H3. The number of ether oxygens (including phenoxy) is 2. The predicted molar refractivity (Wildman–Crippen MR) is 95.7 cm³/mol. The average molecular weight is 334 g/mol. The van der Waals surface area contributed by atoms with Gasteiger partial charge in [0.2, 0.25) is 0 Å². The monoisotopic (exact) mass is 334 g/mol. The molecule has 0 saturated heterocycles. The van der Waals surface area contributed by atoms with Gasteiger partial charge in [0.05, 0.1) is 0 Å². The Morgan fingerprint density at radius 1 is 1.13 bits per heavy atom. The first-order valence-corrected chi connectivity index (χ1v) is 9.25. The minimum absolute atomic E-state index is 0.124. The largest absolute Gasteiger partial charge is 0.352 e. The Labute approximate surface area is 143 Å². The molecule has 0 aliphatic carbocycles. The fourth-order valence-corrected chi connectivity index (χ4v) is 3.33. The third-order valence-corrected chi connectivity index (χ3v) is 4.54. The van der Waals surface area contributed by atoms with Gasteiger partial charge in [0, 0.05) is 43.2 Å². The zero-order valence-corrected chi connectivity index (χ0v) is 15.0. The van der Waals surface area contributed by atoms with Crippen molar-refractivity contribution in [2.45, 2.75) is 39.4 Å². The first-order valence-electron chi connectivity index (χ1n) is 8.10. The fraction of sp³-hybridized carbons (Fsp3) is 0.500. The molecule has 2 rings (SSSR count). The Balaban J connectivity index is 1.93. The number of hydrogen-bond donors (Lipinski definition) is 0. The molecule has 1 heterocycles. The summed E-state index contributed by atoms with van der Waals surface area (Å²) in [6.07, 6.45) is 1.85. The van der Waals surface area contributed by atoms with Gasteiger partial charge in [-0.05, 0) is 26.3 Å². The zero-order chi connectivity index (χ0) is 16.5. The molecule has 0 amide bonds. The van der Waals surface area contributed by atoms with Crippen LogP contribution in [0.5, 0.6) is 0 Å². The summed E-state index contributed by atoms with van der Waals surface area (Å²) in [4.78, 5) is 4.47. The zero-order valence-electron chi connectivity index (χ0n) is 14.2. The average Bonchev–Trinajstić information content (AvgIpc) is 2.90. The molecule has 0 aliphatic rings. The van der Waals surface area contributed by atoms with Crippen LogP contribution in [0, 0.1) is 6.92 Å². The maximum absolute atomic E-state index is 5.59. The van der Waals surface area contributed by atoms with E-state index in [0.29, 0.717) is 13.2 Å². The van der Waals surface area contributed by atoms with E-state index in [9.17, 15) is 0 Å². The van der Waals surface area contributed by atoms with Crippen LogP contribution in [0.3, 0.4) is 0 Å². The summed E-state index contributed by atoms with van der Waals surface area (Å²) in [6.45, 7) is 8.26. The highest BCUT2D eigenvalue weighted by Crippen LogP contribution is 2.18. The summed E-state index contributed by atoms with van der Waals surface area (Å²) in [7, 11) is 0. The molecule has 1 aromatic carbocycles.